The zero-order valence-corrected chi connectivity index (χ0v) is 10.5. The Bertz CT molecular complexity index is 158. The van der Waals surface area contributed by atoms with Crippen molar-refractivity contribution in [3.8, 4) is 0 Å². The van der Waals surface area contributed by atoms with Crippen LogP contribution in [0.3, 0.4) is 0 Å². The van der Waals surface area contributed by atoms with Crippen LogP contribution in [-0.2, 0) is 9.47 Å². The largest absolute Gasteiger partial charge is 0.382 e. The third kappa shape index (κ3) is 9.91. The summed E-state index contributed by atoms with van der Waals surface area (Å²) in [5.74, 6) is 0.670. The molecule has 0 amide bonds. The maximum atomic E-state index is 5.63. The van der Waals surface area contributed by atoms with E-state index in [1.807, 2.05) is 19.1 Å². The molecule has 0 bridgehead atoms. The third-order valence-corrected chi connectivity index (χ3v) is 1.94. The van der Waals surface area contributed by atoms with E-state index < -0.39 is 0 Å². The van der Waals surface area contributed by atoms with Gasteiger partial charge in [-0.25, -0.2) is 0 Å². The Labute approximate surface area is 93.8 Å². The van der Waals surface area contributed by atoms with Gasteiger partial charge >= 0.3 is 0 Å². The molecule has 1 N–H and O–H groups in total. The standard InChI is InChI=1S/C12H25NO2/c1-5-6-7-15-12(10-14-4)9-13-8-11(2)3/h5-6,11-13H,7-10H2,1-4H3/b6-5+. The van der Waals surface area contributed by atoms with Gasteiger partial charge in [0.15, 0.2) is 0 Å². The van der Waals surface area contributed by atoms with Gasteiger partial charge in [0.2, 0.25) is 0 Å². The van der Waals surface area contributed by atoms with Crippen LogP contribution in [0.4, 0.5) is 0 Å². The van der Waals surface area contributed by atoms with Crippen molar-refractivity contribution in [2.45, 2.75) is 26.9 Å². The summed E-state index contributed by atoms with van der Waals surface area (Å²) in [4.78, 5) is 0. The molecule has 0 saturated carbocycles. The quantitative estimate of drug-likeness (QED) is 0.595. The second kappa shape index (κ2) is 10.1. The summed E-state index contributed by atoms with van der Waals surface area (Å²) in [5.41, 5.74) is 0. The van der Waals surface area contributed by atoms with Gasteiger partial charge < -0.3 is 14.8 Å². The van der Waals surface area contributed by atoms with E-state index in [1.165, 1.54) is 0 Å². The average molecular weight is 215 g/mol. The minimum atomic E-state index is 0.143. The van der Waals surface area contributed by atoms with E-state index in [1.54, 1.807) is 7.11 Å². The van der Waals surface area contributed by atoms with Crippen molar-refractivity contribution in [1.29, 1.82) is 0 Å². The molecule has 1 unspecified atom stereocenters. The van der Waals surface area contributed by atoms with Crippen LogP contribution in [0.2, 0.25) is 0 Å². The van der Waals surface area contributed by atoms with Gasteiger partial charge in [0.1, 0.15) is 0 Å². The van der Waals surface area contributed by atoms with Crippen LogP contribution < -0.4 is 5.32 Å². The lowest BCUT2D eigenvalue weighted by Crippen LogP contribution is -2.34. The molecule has 0 aromatic heterocycles. The van der Waals surface area contributed by atoms with Crippen LogP contribution in [0.5, 0.6) is 0 Å². The summed E-state index contributed by atoms with van der Waals surface area (Å²) in [6.07, 6.45) is 4.14. The Kier molecular flexibility index (Phi) is 9.89. The predicted octanol–water partition coefficient (Wildman–Crippen LogP) is 1.84. The zero-order valence-electron chi connectivity index (χ0n) is 10.5. The van der Waals surface area contributed by atoms with Crippen molar-refractivity contribution < 1.29 is 9.47 Å². The van der Waals surface area contributed by atoms with Gasteiger partial charge in [-0.2, -0.15) is 0 Å². The van der Waals surface area contributed by atoms with Crippen molar-refractivity contribution in [2.75, 3.05) is 33.4 Å². The molecule has 15 heavy (non-hydrogen) atoms. The van der Waals surface area contributed by atoms with Crippen molar-refractivity contribution in [1.82, 2.24) is 5.32 Å². The van der Waals surface area contributed by atoms with E-state index in [4.69, 9.17) is 9.47 Å². The second-order valence-electron chi connectivity index (χ2n) is 4.03. The molecule has 0 radical (unpaired) electrons. The first-order valence-electron chi connectivity index (χ1n) is 5.63. The number of methoxy groups -OCH3 is 1. The highest BCUT2D eigenvalue weighted by Gasteiger charge is 2.07. The molecule has 0 aliphatic rings. The molecular weight excluding hydrogens is 190 g/mol. The van der Waals surface area contributed by atoms with Crippen LogP contribution >= 0.6 is 0 Å². The molecule has 1 atom stereocenters. The highest BCUT2D eigenvalue weighted by Crippen LogP contribution is 1.94. The predicted molar refractivity (Wildman–Crippen MR) is 64.1 cm³/mol. The van der Waals surface area contributed by atoms with Crippen LogP contribution in [-0.4, -0.2) is 39.5 Å². The Hall–Kier alpha value is -0.380. The Morgan fingerprint density at radius 2 is 2.00 bits per heavy atom. The summed E-state index contributed by atoms with van der Waals surface area (Å²) in [6.45, 7) is 9.55. The first-order chi connectivity index (χ1) is 7.20. The minimum Gasteiger partial charge on any atom is -0.382 e. The third-order valence-electron chi connectivity index (χ3n) is 1.94. The molecule has 0 aromatic carbocycles. The van der Waals surface area contributed by atoms with Gasteiger partial charge in [-0.3, -0.25) is 0 Å². The van der Waals surface area contributed by atoms with Gasteiger partial charge in [-0.05, 0) is 19.4 Å². The molecule has 0 aliphatic carbocycles. The van der Waals surface area contributed by atoms with E-state index in [2.05, 4.69) is 19.2 Å². The highest BCUT2D eigenvalue weighted by atomic mass is 16.5. The number of hydrogen-bond acceptors (Lipinski definition) is 3. The molecule has 0 aliphatic heterocycles. The maximum Gasteiger partial charge on any atom is 0.0936 e. The molecule has 0 saturated heterocycles. The number of allylic oxidation sites excluding steroid dienone is 1. The number of ether oxygens (including phenoxy) is 2. The first kappa shape index (κ1) is 14.6. The number of hydrogen-bond donors (Lipinski definition) is 1. The normalized spacial score (nSPS) is 13.9. The van der Waals surface area contributed by atoms with Crippen molar-refractivity contribution in [2.24, 2.45) is 5.92 Å². The minimum absolute atomic E-state index is 0.143. The monoisotopic (exact) mass is 215 g/mol. The number of nitrogens with one attached hydrogen (secondary N) is 1. The Balaban J connectivity index is 3.62. The fraction of sp³-hybridized carbons (Fsp3) is 0.833. The molecule has 3 nitrogen and oxygen atoms in total. The molecule has 0 fully saturated rings. The van der Waals surface area contributed by atoms with Crippen LogP contribution in [0.25, 0.3) is 0 Å². The van der Waals surface area contributed by atoms with Crippen LogP contribution in [0.1, 0.15) is 20.8 Å². The van der Waals surface area contributed by atoms with Gasteiger partial charge in [-0.15, -0.1) is 0 Å². The number of rotatable bonds is 9. The smallest absolute Gasteiger partial charge is 0.0936 e. The fourth-order valence-electron chi connectivity index (χ4n) is 1.17. The summed E-state index contributed by atoms with van der Waals surface area (Å²) in [7, 11) is 1.70. The molecule has 0 heterocycles. The molecule has 3 heteroatoms. The topological polar surface area (TPSA) is 30.5 Å². The summed E-state index contributed by atoms with van der Waals surface area (Å²) in [6, 6.07) is 0. The average Bonchev–Trinajstić information content (AvgIpc) is 2.17. The van der Waals surface area contributed by atoms with E-state index in [0.717, 1.165) is 13.1 Å². The van der Waals surface area contributed by atoms with Crippen molar-refractivity contribution >= 4 is 0 Å². The van der Waals surface area contributed by atoms with E-state index in [9.17, 15) is 0 Å². The maximum absolute atomic E-state index is 5.63. The molecule has 0 rings (SSSR count). The van der Waals surface area contributed by atoms with Gasteiger partial charge in [-0.1, -0.05) is 26.0 Å². The lowest BCUT2D eigenvalue weighted by molar-refractivity contribution is 0.0118. The second-order valence-corrected chi connectivity index (χ2v) is 4.03. The lowest BCUT2D eigenvalue weighted by atomic mass is 10.2. The fourth-order valence-corrected chi connectivity index (χ4v) is 1.17. The first-order valence-corrected chi connectivity index (χ1v) is 5.63. The van der Waals surface area contributed by atoms with Crippen LogP contribution in [0.15, 0.2) is 12.2 Å². The van der Waals surface area contributed by atoms with Crippen molar-refractivity contribution in [3.05, 3.63) is 12.2 Å². The van der Waals surface area contributed by atoms with E-state index in [0.29, 0.717) is 19.1 Å². The Morgan fingerprint density at radius 1 is 1.27 bits per heavy atom. The molecule has 90 valence electrons. The van der Waals surface area contributed by atoms with Crippen LogP contribution in [0, 0.1) is 5.92 Å². The van der Waals surface area contributed by atoms with E-state index in [-0.39, 0.29) is 6.10 Å². The molecule has 0 spiro atoms. The van der Waals surface area contributed by atoms with Gasteiger partial charge in [0, 0.05) is 13.7 Å². The lowest BCUT2D eigenvalue weighted by Gasteiger charge is -2.17. The summed E-state index contributed by atoms with van der Waals surface area (Å²) in [5, 5.41) is 3.37. The molecule has 0 aromatic rings. The van der Waals surface area contributed by atoms with Gasteiger partial charge in [0.05, 0.1) is 19.3 Å². The zero-order chi connectivity index (χ0) is 11.5. The van der Waals surface area contributed by atoms with Gasteiger partial charge in [0.25, 0.3) is 0 Å². The summed E-state index contributed by atoms with van der Waals surface area (Å²) < 4.78 is 10.7. The SMILES string of the molecule is C/C=C/COC(CNCC(C)C)COC. The summed E-state index contributed by atoms with van der Waals surface area (Å²) >= 11 is 0. The Morgan fingerprint density at radius 3 is 2.53 bits per heavy atom. The van der Waals surface area contributed by atoms with Crippen molar-refractivity contribution in [3.63, 3.8) is 0 Å². The highest BCUT2D eigenvalue weighted by molar-refractivity contribution is 4.77. The van der Waals surface area contributed by atoms with E-state index >= 15 is 0 Å². The molecular formula is C12H25NO2.